The van der Waals surface area contributed by atoms with Crippen molar-refractivity contribution < 1.29 is 0 Å². The molecule has 114 valence electrons. The third-order valence-corrected chi connectivity index (χ3v) is 4.47. The molecule has 2 atom stereocenters. The van der Waals surface area contributed by atoms with Crippen LogP contribution >= 0.6 is 0 Å². The Kier molecular flexibility index (Phi) is 6.22. The molecule has 1 N–H and O–H groups in total. The topological polar surface area (TPSA) is 39.1 Å². The first kappa shape index (κ1) is 16.0. The van der Waals surface area contributed by atoms with Crippen LogP contribution in [0.15, 0.2) is 24.3 Å². The molecule has 1 saturated heterocycles. The SMILES string of the molecule is CCCN(CC1CCCNC1)C(C)c1ccc(C#N)cc1. The second kappa shape index (κ2) is 8.17. The molecule has 2 rings (SSSR count). The van der Waals surface area contributed by atoms with E-state index < -0.39 is 0 Å². The summed E-state index contributed by atoms with van der Waals surface area (Å²) in [5, 5.41) is 12.4. The van der Waals surface area contributed by atoms with Gasteiger partial charge in [-0.15, -0.1) is 0 Å². The van der Waals surface area contributed by atoms with E-state index in [1.54, 1.807) is 0 Å². The lowest BCUT2D eigenvalue weighted by molar-refractivity contribution is 0.163. The van der Waals surface area contributed by atoms with E-state index in [1.807, 2.05) is 12.1 Å². The second-order valence-electron chi connectivity index (χ2n) is 6.12. The Hall–Kier alpha value is -1.37. The molecule has 1 aliphatic rings. The Morgan fingerprint density at radius 2 is 2.14 bits per heavy atom. The first-order chi connectivity index (χ1) is 10.2. The zero-order valence-electron chi connectivity index (χ0n) is 13.3. The van der Waals surface area contributed by atoms with E-state index in [-0.39, 0.29) is 0 Å². The summed E-state index contributed by atoms with van der Waals surface area (Å²) < 4.78 is 0. The third-order valence-electron chi connectivity index (χ3n) is 4.47. The van der Waals surface area contributed by atoms with Crippen molar-refractivity contribution in [2.45, 2.75) is 39.2 Å². The van der Waals surface area contributed by atoms with Gasteiger partial charge in [-0.25, -0.2) is 0 Å². The highest BCUT2D eigenvalue weighted by Crippen LogP contribution is 2.23. The molecule has 1 heterocycles. The molecule has 1 aromatic carbocycles. The number of nitriles is 1. The van der Waals surface area contributed by atoms with Crippen molar-refractivity contribution >= 4 is 0 Å². The number of piperidine rings is 1. The van der Waals surface area contributed by atoms with E-state index in [1.165, 1.54) is 37.9 Å². The minimum atomic E-state index is 0.416. The maximum Gasteiger partial charge on any atom is 0.0991 e. The quantitative estimate of drug-likeness (QED) is 0.871. The van der Waals surface area contributed by atoms with Crippen molar-refractivity contribution in [1.82, 2.24) is 10.2 Å². The Morgan fingerprint density at radius 3 is 2.71 bits per heavy atom. The Bertz CT molecular complexity index is 454. The number of nitrogens with one attached hydrogen (secondary N) is 1. The average Bonchev–Trinajstić information content (AvgIpc) is 2.55. The second-order valence-corrected chi connectivity index (χ2v) is 6.12. The standard InChI is InChI=1S/C18H27N3/c1-3-11-21(14-17-5-4-10-20-13-17)15(2)18-8-6-16(12-19)7-9-18/h6-9,15,17,20H,3-5,10-11,13-14H2,1-2H3. The average molecular weight is 285 g/mol. The van der Waals surface area contributed by atoms with E-state index in [0.29, 0.717) is 6.04 Å². The summed E-state index contributed by atoms with van der Waals surface area (Å²) in [4.78, 5) is 2.60. The van der Waals surface area contributed by atoms with Gasteiger partial charge >= 0.3 is 0 Å². The van der Waals surface area contributed by atoms with Gasteiger partial charge in [-0.3, -0.25) is 4.90 Å². The van der Waals surface area contributed by atoms with E-state index in [9.17, 15) is 0 Å². The van der Waals surface area contributed by atoms with E-state index in [0.717, 1.165) is 24.6 Å². The lowest BCUT2D eigenvalue weighted by Crippen LogP contribution is -2.39. The third kappa shape index (κ3) is 4.56. The molecule has 0 radical (unpaired) electrons. The monoisotopic (exact) mass is 285 g/mol. The lowest BCUT2D eigenvalue weighted by Gasteiger charge is -2.34. The van der Waals surface area contributed by atoms with Crippen LogP contribution in [0.2, 0.25) is 0 Å². The van der Waals surface area contributed by atoms with Crippen LogP contribution in [0.4, 0.5) is 0 Å². The molecule has 3 heteroatoms. The highest BCUT2D eigenvalue weighted by Gasteiger charge is 2.21. The summed E-state index contributed by atoms with van der Waals surface area (Å²) >= 11 is 0. The van der Waals surface area contributed by atoms with Crippen molar-refractivity contribution in [3.8, 4) is 6.07 Å². The highest BCUT2D eigenvalue weighted by molar-refractivity contribution is 5.32. The summed E-state index contributed by atoms with van der Waals surface area (Å²) in [6, 6.07) is 10.7. The van der Waals surface area contributed by atoms with E-state index in [2.05, 4.69) is 42.3 Å². The van der Waals surface area contributed by atoms with Crippen molar-refractivity contribution in [2.75, 3.05) is 26.2 Å². The first-order valence-electron chi connectivity index (χ1n) is 8.19. The zero-order valence-corrected chi connectivity index (χ0v) is 13.3. The fourth-order valence-electron chi connectivity index (χ4n) is 3.19. The van der Waals surface area contributed by atoms with E-state index in [4.69, 9.17) is 5.26 Å². The van der Waals surface area contributed by atoms with E-state index >= 15 is 0 Å². The molecule has 3 nitrogen and oxygen atoms in total. The van der Waals surface area contributed by atoms with Gasteiger partial charge in [0.25, 0.3) is 0 Å². The minimum Gasteiger partial charge on any atom is -0.316 e. The molecule has 0 saturated carbocycles. The summed E-state index contributed by atoms with van der Waals surface area (Å²) in [7, 11) is 0. The van der Waals surface area contributed by atoms with Crippen LogP contribution in [-0.2, 0) is 0 Å². The summed E-state index contributed by atoms with van der Waals surface area (Å²) in [5.74, 6) is 0.770. The molecule has 0 spiro atoms. The lowest BCUT2D eigenvalue weighted by atomic mass is 9.97. The van der Waals surface area contributed by atoms with Crippen LogP contribution < -0.4 is 5.32 Å². The van der Waals surface area contributed by atoms with Gasteiger partial charge in [0, 0.05) is 12.6 Å². The summed E-state index contributed by atoms with van der Waals surface area (Å²) in [6.07, 6.45) is 3.82. The number of benzene rings is 1. The Morgan fingerprint density at radius 1 is 1.38 bits per heavy atom. The Balaban J connectivity index is 2.02. The molecule has 1 aromatic rings. The van der Waals surface area contributed by atoms with Gasteiger partial charge in [0.1, 0.15) is 0 Å². The molecule has 0 aliphatic carbocycles. The molecule has 0 amide bonds. The normalized spacial score (nSPS) is 20.2. The Labute approximate surface area is 129 Å². The largest absolute Gasteiger partial charge is 0.316 e. The van der Waals surface area contributed by atoms with Crippen LogP contribution in [0.5, 0.6) is 0 Å². The van der Waals surface area contributed by atoms with Crippen LogP contribution in [0, 0.1) is 17.2 Å². The van der Waals surface area contributed by atoms with Gasteiger partial charge in [0.05, 0.1) is 11.6 Å². The van der Waals surface area contributed by atoms with Crippen LogP contribution in [-0.4, -0.2) is 31.1 Å². The highest BCUT2D eigenvalue weighted by atomic mass is 15.2. The van der Waals surface area contributed by atoms with Crippen molar-refractivity contribution in [3.63, 3.8) is 0 Å². The molecule has 2 unspecified atom stereocenters. The first-order valence-corrected chi connectivity index (χ1v) is 8.19. The number of nitrogens with zero attached hydrogens (tertiary/aromatic N) is 2. The van der Waals surface area contributed by atoms with Gasteiger partial charge in [0.15, 0.2) is 0 Å². The van der Waals surface area contributed by atoms with Gasteiger partial charge in [0.2, 0.25) is 0 Å². The predicted molar refractivity (Wildman–Crippen MR) is 87.0 cm³/mol. The van der Waals surface area contributed by atoms with Crippen LogP contribution in [0.25, 0.3) is 0 Å². The summed E-state index contributed by atoms with van der Waals surface area (Å²) in [6.45, 7) is 9.17. The molecule has 1 fully saturated rings. The molecule has 21 heavy (non-hydrogen) atoms. The number of hydrogen-bond donors (Lipinski definition) is 1. The van der Waals surface area contributed by atoms with Crippen molar-refractivity contribution in [3.05, 3.63) is 35.4 Å². The maximum absolute atomic E-state index is 8.91. The molecule has 0 aromatic heterocycles. The van der Waals surface area contributed by atoms with Crippen molar-refractivity contribution in [1.29, 1.82) is 5.26 Å². The zero-order chi connectivity index (χ0) is 15.1. The molecular weight excluding hydrogens is 258 g/mol. The van der Waals surface area contributed by atoms with Crippen molar-refractivity contribution in [2.24, 2.45) is 5.92 Å². The fraction of sp³-hybridized carbons (Fsp3) is 0.611. The predicted octanol–water partition coefficient (Wildman–Crippen LogP) is 3.33. The van der Waals surface area contributed by atoms with Gasteiger partial charge in [-0.2, -0.15) is 5.26 Å². The number of rotatable bonds is 6. The fourth-order valence-corrected chi connectivity index (χ4v) is 3.19. The van der Waals surface area contributed by atoms with Gasteiger partial charge in [-0.05, 0) is 69.4 Å². The molecule has 1 aliphatic heterocycles. The summed E-state index contributed by atoms with van der Waals surface area (Å²) in [5.41, 5.74) is 2.05. The maximum atomic E-state index is 8.91. The number of hydrogen-bond acceptors (Lipinski definition) is 3. The molecule has 0 bridgehead atoms. The van der Waals surface area contributed by atoms with Gasteiger partial charge in [-0.1, -0.05) is 19.1 Å². The molecular formula is C18H27N3. The smallest absolute Gasteiger partial charge is 0.0991 e. The van der Waals surface area contributed by atoms with Crippen LogP contribution in [0.3, 0.4) is 0 Å². The van der Waals surface area contributed by atoms with Gasteiger partial charge < -0.3 is 5.32 Å². The van der Waals surface area contributed by atoms with Crippen LogP contribution in [0.1, 0.15) is 50.3 Å². The minimum absolute atomic E-state index is 0.416.